The van der Waals surface area contributed by atoms with E-state index in [9.17, 15) is 18.4 Å². The monoisotopic (exact) mass is 326 g/mol. The molecule has 1 aliphatic rings. The zero-order chi connectivity index (χ0) is 16.8. The Morgan fingerprint density at radius 1 is 1.30 bits per heavy atom. The molecule has 0 spiro atoms. The highest BCUT2D eigenvalue weighted by Gasteiger charge is 2.26. The number of nitrogens with one attached hydrogen (secondary N) is 3. The molecular weight excluding hydrogens is 306 g/mol. The number of amides is 4. The minimum absolute atomic E-state index is 0.0792. The van der Waals surface area contributed by atoms with Crippen LogP contribution >= 0.6 is 0 Å². The normalized spacial score (nSPS) is 17.0. The lowest BCUT2D eigenvalue weighted by molar-refractivity contribution is 0.207. The van der Waals surface area contributed by atoms with Crippen LogP contribution in [-0.4, -0.2) is 42.6 Å². The van der Waals surface area contributed by atoms with Crippen molar-refractivity contribution in [1.29, 1.82) is 0 Å². The molecule has 0 radical (unpaired) electrons. The summed E-state index contributed by atoms with van der Waals surface area (Å²) in [4.78, 5) is 25.1. The van der Waals surface area contributed by atoms with Crippen LogP contribution in [0.3, 0.4) is 0 Å². The van der Waals surface area contributed by atoms with Crippen molar-refractivity contribution in [2.75, 3.05) is 19.6 Å². The van der Waals surface area contributed by atoms with Crippen LogP contribution in [0.15, 0.2) is 18.2 Å². The number of rotatable bonds is 4. The topological polar surface area (TPSA) is 73.5 Å². The number of carbonyl (C=O) groups is 2. The number of benzene rings is 1. The fourth-order valence-electron chi connectivity index (χ4n) is 2.42. The highest BCUT2D eigenvalue weighted by molar-refractivity contribution is 5.76. The Morgan fingerprint density at radius 3 is 2.83 bits per heavy atom. The van der Waals surface area contributed by atoms with Gasteiger partial charge in [0.1, 0.15) is 11.6 Å². The van der Waals surface area contributed by atoms with Gasteiger partial charge in [0.05, 0.1) is 0 Å². The predicted molar refractivity (Wildman–Crippen MR) is 80.8 cm³/mol. The average molecular weight is 326 g/mol. The van der Waals surface area contributed by atoms with E-state index in [1.165, 1.54) is 0 Å². The van der Waals surface area contributed by atoms with Gasteiger partial charge < -0.3 is 20.9 Å². The van der Waals surface area contributed by atoms with E-state index < -0.39 is 17.7 Å². The van der Waals surface area contributed by atoms with Gasteiger partial charge in [-0.05, 0) is 31.5 Å². The van der Waals surface area contributed by atoms with E-state index in [0.29, 0.717) is 26.1 Å². The van der Waals surface area contributed by atoms with Gasteiger partial charge in [-0.1, -0.05) is 0 Å². The van der Waals surface area contributed by atoms with Gasteiger partial charge in [-0.25, -0.2) is 18.4 Å². The molecule has 1 unspecified atom stereocenters. The standard InChI is InChI=1S/C15H20F2N4O2/c1-2-18-15(23)21-6-5-12(9-21)20-14(22)19-8-10-7-11(16)3-4-13(10)17/h3-4,7,12H,2,5-6,8-9H2,1H3,(H,18,23)(H2,19,20,22). The molecular formula is C15H20F2N4O2. The first-order chi connectivity index (χ1) is 11.0. The van der Waals surface area contributed by atoms with Gasteiger partial charge in [0, 0.05) is 37.8 Å². The molecule has 3 N–H and O–H groups in total. The van der Waals surface area contributed by atoms with Crippen LogP contribution in [0.25, 0.3) is 0 Å². The van der Waals surface area contributed by atoms with Crippen molar-refractivity contribution in [2.24, 2.45) is 0 Å². The zero-order valence-corrected chi connectivity index (χ0v) is 12.9. The molecule has 1 atom stereocenters. The molecule has 1 fully saturated rings. The minimum Gasteiger partial charge on any atom is -0.338 e. The lowest BCUT2D eigenvalue weighted by Gasteiger charge is -2.17. The third-order valence-electron chi connectivity index (χ3n) is 3.59. The first-order valence-corrected chi connectivity index (χ1v) is 7.50. The molecule has 0 aliphatic carbocycles. The summed E-state index contributed by atoms with van der Waals surface area (Å²) in [5.41, 5.74) is 0.0792. The van der Waals surface area contributed by atoms with Crippen molar-refractivity contribution < 1.29 is 18.4 Å². The van der Waals surface area contributed by atoms with Crippen molar-refractivity contribution in [2.45, 2.75) is 25.9 Å². The summed E-state index contributed by atoms with van der Waals surface area (Å²) in [5, 5.41) is 7.91. The van der Waals surface area contributed by atoms with Gasteiger partial charge in [-0.3, -0.25) is 0 Å². The van der Waals surface area contributed by atoms with Gasteiger partial charge in [-0.15, -0.1) is 0 Å². The van der Waals surface area contributed by atoms with E-state index in [0.717, 1.165) is 18.2 Å². The summed E-state index contributed by atoms with van der Waals surface area (Å²) in [6, 6.07) is 2.30. The van der Waals surface area contributed by atoms with Crippen LogP contribution in [-0.2, 0) is 6.54 Å². The van der Waals surface area contributed by atoms with Crippen LogP contribution in [0.5, 0.6) is 0 Å². The zero-order valence-electron chi connectivity index (χ0n) is 12.9. The van der Waals surface area contributed by atoms with Crippen molar-refractivity contribution in [1.82, 2.24) is 20.9 Å². The Bertz CT molecular complexity index is 583. The molecule has 23 heavy (non-hydrogen) atoms. The van der Waals surface area contributed by atoms with Crippen LogP contribution in [0, 0.1) is 11.6 Å². The third kappa shape index (κ3) is 4.80. The van der Waals surface area contributed by atoms with E-state index in [1.807, 2.05) is 6.92 Å². The fraction of sp³-hybridized carbons (Fsp3) is 0.467. The number of urea groups is 2. The molecule has 1 aliphatic heterocycles. The molecule has 126 valence electrons. The Labute approximate surface area is 133 Å². The number of nitrogens with zero attached hydrogens (tertiary/aromatic N) is 1. The second kappa shape index (κ2) is 7.75. The number of likely N-dealkylation sites (tertiary alicyclic amines) is 1. The van der Waals surface area contributed by atoms with E-state index in [4.69, 9.17) is 0 Å². The van der Waals surface area contributed by atoms with Gasteiger partial charge in [0.15, 0.2) is 0 Å². The maximum absolute atomic E-state index is 13.4. The van der Waals surface area contributed by atoms with Crippen molar-refractivity contribution in [3.63, 3.8) is 0 Å². The third-order valence-corrected chi connectivity index (χ3v) is 3.59. The first kappa shape index (κ1) is 17.0. The number of halogens is 2. The van der Waals surface area contributed by atoms with E-state index in [-0.39, 0.29) is 24.2 Å². The van der Waals surface area contributed by atoms with Gasteiger partial charge in [0.25, 0.3) is 0 Å². The van der Waals surface area contributed by atoms with Crippen LogP contribution in [0.1, 0.15) is 18.9 Å². The SMILES string of the molecule is CCNC(=O)N1CCC(NC(=O)NCc2cc(F)ccc2F)C1. The molecule has 1 saturated heterocycles. The molecule has 8 heteroatoms. The molecule has 4 amide bonds. The summed E-state index contributed by atoms with van der Waals surface area (Å²) < 4.78 is 26.5. The second-order valence-electron chi connectivity index (χ2n) is 5.33. The molecule has 1 aromatic rings. The Hall–Kier alpha value is -2.38. The molecule has 2 rings (SSSR count). The smallest absolute Gasteiger partial charge is 0.317 e. The van der Waals surface area contributed by atoms with E-state index in [1.54, 1.807) is 4.90 Å². The highest BCUT2D eigenvalue weighted by Crippen LogP contribution is 2.10. The van der Waals surface area contributed by atoms with Crippen LogP contribution < -0.4 is 16.0 Å². The van der Waals surface area contributed by atoms with Gasteiger partial charge >= 0.3 is 12.1 Å². The highest BCUT2D eigenvalue weighted by atomic mass is 19.1. The van der Waals surface area contributed by atoms with E-state index in [2.05, 4.69) is 16.0 Å². The summed E-state index contributed by atoms with van der Waals surface area (Å²) >= 11 is 0. The Balaban J connectivity index is 1.77. The fourth-order valence-corrected chi connectivity index (χ4v) is 2.42. The Kier molecular flexibility index (Phi) is 5.72. The summed E-state index contributed by atoms with van der Waals surface area (Å²) in [6.45, 7) is 3.26. The lowest BCUT2D eigenvalue weighted by Crippen LogP contribution is -2.45. The largest absolute Gasteiger partial charge is 0.338 e. The minimum atomic E-state index is -0.574. The molecule has 1 heterocycles. The first-order valence-electron chi connectivity index (χ1n) is 7.50. The van der Waals surface area contributed by atoms with Crippen LogP contribution in [0.2, 0.25) is 0 Å². The average Bonchev–Trinajstić information content (AvgIpc) is 2.97. The maximum Gasteiger partial charge on any atom is 0.317 e. The molecule has 0 bridgehead atoms. The second-order valence-corrected chi connectivity index (χ2v) is 5.33. The number of carbonyl (C=O) groups excluding carboxylic acids is 2. The van der Waals surface area contributed by atoms with Crippen LogP contribution in [0.4, 0.5) is 18.4 Å². The Morgan fingerprint density at radius 2 is 2.09 bits per heavy atom. The molecule has 0 aromatic heterocycles. The van der Waals surface area contributed by atoms with Crippen molar-refractivity contribution in [3.05, 3.63) is 35.4 Å². The summed E-state index contributed by atoms with van der Waals surface area (Å²) in [5.74, 6) is -1.13. The lowest BCUT2D eigenvalue weighted by atomic mass is 10.2. The van der Waals surface area contributed by atoms with Crippen molar-refractivity contribution in [3.8, 4) is 0 Å². The quantitative estimate of drug-likeness (QED) is 0.786. The summed E-state index contributed by atoms with van der Waals surface area (Å²) in [7, 11) is 0. The molecule has 6 nitrogen and oxygen atoms in total. The van der Waals surface area contributed by atoms with Gasteiger partial charge in [-0.2, -0.15) is 0 Å². The number of hydrogen-bond donors (Lipinski definition) is 3. The summed E-state index contributed by atoms with van der Waals surface area (Å²) in [6.07, 6.45) is 0.652. The maximum atomic E-state index is 13.4. The predicted octanol–water partition coefficient (Wildman–Crippen LogP) is 1.57. The number of hydrogen-bond acceptors (Lipinski definition) is 2. The van der Waals surface area contributed by atoms with Crippen molar-refractivity contribution >= 4 is 12.1 Å². The molecule has 1 aromatic carbocycles. The molecule has 0 saturated carbocycles. The van der Waals surface area contributed by atoms with E-state index >= 15 is 0 Å². The van der Waals surface area contributed by atoms with Gasteiger partial charge in [0.2, 0.25) is 0 Å².